The van der Waals surface area contributed by atoms with E-state index < -0.39 is 6.67 Å². The highest BCUT2D eigenvalue weighted by Crippen LogP contribution is 2.21. The van der Waals surface area contributed by atoms with Crippen LogP contribution in [0.3, 0.4) is 0 Å². The average molecular weight is 230 g/mol. The van der Waals surface area contributed by atoms with E-state index in [0.29, 0.717) is 16.7 Å². The molecular formula is C8H9ClFN5. The number of aromatic nitrogens is 4. The zero-order valence-electron chi connectivity index (χ0n) is 8.04. The summed E-state index contributed by atoms with van der Waals surface area (Å²) in [6, 6.07) is 0. The fraction of sp³-hybridized carbons (Fsp3) is 0.375. The summed E-state index contributed by atoms with van der Waals surface area (Å²) >= 11 is 5.90. The Hall–Kier alpha value is -1.43. The van der Waals surface area contributed by atoms with Gasteiger partial charge in [0, 0.05) is 12.1 Å². The molecule has 0 bridgehead atoms. The Labute approximate surface area is 90.3 Å². The van der Waals surface area contributed by atoms with Gasteiger partial charge in [0.1, 0.15) is 24.0 Å². The molecule has 0 aromatic carbocycles. The van der Waals surface area contributed by atoms with Crippen LogP contribution in [0.25, 0.3) is 5.78 Å². The number of rotatable bonds is 3. The van der Waals surface area contributed by atoms with Crippen molar-refractivity contribution in [2.75, 3.05) is 18.5 Å². The van der Waals surface area contributed by atoms with Crippen molar-refractivity contribution in [2.24, 2.45) is 0 Å². The molecule has 15 heavy (non-hydrogen) atoms. The van der Waals surface area contributed by atoms with Gasteiger partial charge in [-0.1, -0.05) is 11.6 Å². The van der Waals surface area contributed by atoms with Crippen molar-refractivity contribution >= 4 is 23.2 Å². The van der Waals surface area contributed by atoms with E-state index in [1.165, 1.54) is 10.8 Å². The van der Waals surface area contributed by atoms with Crippen LogP contribution in [0.5, 0.6) is 0 Å². The molecule has 0 fully saturated rings. The highest BCUT2D eigenvalue weighted by Gasteiger charge is 2.11. The van der Waals surface area contributed by atoms with Crippen LogP contribution < -0.4 is 5.32 Å². The van der Waals surface area contributed by atoms with E-state index in [0.717, 1.165) is 5.56 Å². The molecule has 2 heterocycles. The molecule has 0 spiro atoms. The maximum absolute atomic E-state index is 12.1. The monoisotopic (exact) mass is 229 g/mol. The fourth-order valence-corrected chi connectivity index (χ4v) is 1.44. The van der Waals surface area contributed by atoms with Crippen LogP contribution in [0.4, 0.5) is 10.2 Å². The topological polar surface area (TPSA) is 55.1 Å². The third-order valence-corrected chi connectivity index (χ3v) is 2.36. The van der Waals surface area contributed by atoms with E-state index in [9.17, 15) is 4.39 Å². The van der Waals surface area contributed by atoms with Gasteiger partial charge in [-0.15, -0.1) is 0 Å². The molecule has 2 aromatic rings. The number of fused-ring (bicyclic) bond motifs is 1. The second-order valence-corrected chi connectivity index (χ2v) is 3.32. The van der Waals surface area contributed by atoms with Gasteiger partial charge in [0.05, 0.1) is 0 Å². The zero-order valence-corrected chi connectivity index (χ0v) is 8.79. The highest BCUT2D eigenvalue weighted by atomic mass is 35.5. The van der Waals surface area contributed by atoms with E-state index in [1.807, 2.05) is 0 Å². The van der Waals surface area contributed by atoms with E-state index in [4.69, 9.17) is 11.6 Å². The Morgan fingerprint density at radius 1 is 1.60 bits per heavy atom. The molecule has 0 saturated heterocycles. The second-order valence-electron chi connectivity index (χ2n) is 2.96. The van der Waals surface area contributed by atoms with Crippen molar-refractivity contribution < 1.29 is 4.39 Å². The number of nitrogens with zero attached hydrogens (tertiary/aromatic N) is 4. The summed E-state index contributed by atoms with van der Waals surface area (Å²) in [5, 5.41) is 7.21. The first-order valence-electron chi connectivity index (χ1n) is 4.39. The van der Waals surface area contributed by atoms with Crippen molar-refractivity contribution in [3.63, 3.8) is 0 Å². The third kappa shape index (κ3) is 1.72. The minimum atomic E-state index is -0.463. The van der Waals surface area contributed by atoms with Crippen LogP contribution in [0.15, 0.2) is 6.33 Å². The highest BCUT2D eigenvalue weighted by molar-refractivity contribution is 6.30. The molecule has 0 amide bonds. The van der Waals surface area contributed by atoms with Crippen molar-refractivity contribution in [1.29, 1.82) is 0 Å². The molecule has 2 aromatic heterocycles. The molecule has 0 radical (unpaired) electrons. The van der Waals surface area contributed by atoms with Gasteiger partial charge >= 0.3 is 0 Å². The van der Waals surface area contributed by atoms with Gasteiger partial charge in [-0.25, -0.2) is 4.39 Å². The lowest BCUT2D eigenvalue weighted by Crippen LogP contribution is -2.11. The number of alkyl halides is 1. The smallest absolute Gasteiger partial charge is 0.255 e. The van der Waals surface area contributed by atoms with E-state index in [2.05, 4.69) is 20.4 Å². The van der Waals surface area contributed by atoms with Crippen LogP contribution in [0, 0.1) is 6.92 Å². The number of halogens is 2. The molecule has 1 N–H and O–H groups in total. The van der Waals surface area contributed by atoms with Crippen molar-refractivity contribution in [3.05, 3.63) is 17.0 Å². The predicted octanol–water partition coefficient (Wildman–Crippen LogP) is 1.47. The summed E-state index contributed by atoms with van der Waals surface area (Å²) in [6.07, 6.45) is 1.37. The normalized spacial score (nSPS) is 10.9. The molecule has 2 rings (SSSR count). The largest absolute Gasteiger partial charge is 0.367 e. The zero-order chi connectivity index (χ0) is 10.8. The summed E-state index contributed by atoms with van der Waals surface area (Å²) in [7, 11) is 0. The van der Waals surface area contributed by atoms with Crippen molar-refractivity contribution in [1.82, 2.24) is 19.6 Å². The first-order chi connectivity index (χ1) is 7.24. The lowest BCUT2D eigenvalue weighted by molar-refractivity contribution is 0.512. The molecule has 0 saturated carbocycles. The van der Waals surface area contributed by atoms with Crippen LogP contribution >= 0.6 is 11.6 Å². The minimum absolute atomic E-state index is 0.205. The molecule has 0 aliphatic heterocycles. The predicted molar refractivity (Wildman–Crippen MR) is 55.0 cm³/mol. The maximum atomic E-state index is 12.1. The summed E-state index contributed by atoms with van der Waals surface area (Å²) in [5.41, 5.74) is 0.725. The van der Waals surface area contributed by atoms with E-state index >= 15 is 0 Å². The number of nitrogens with one attached hydrogen (secondary N) is 1. The van der Waals surface area contributed by atoms with Gasteiger partial charge in [0.15, 0.2) is 0 Å². The molecule has 7 heteroatoms. The third-order valence-electron chi connectivity index (χ3n) is 1.99. The van der Waals surface area contributed by atoms with Crippen molar-refractivity contribution in [3.8, 4) is 0 Å². The van der Waals surface area contributed by atoms with Crippen molar-refractivity contribution in [2.45, 2.75) is 6.92 Å². The van der Waals surface area contributed by atoms with Crippen LogP contribution in [-0.2, 0) is 0 Å². The fourth-order valence-electron chi connectivity index (χ4n) is 1.27. The molecular weight excluding hydrogens is 221 g/mol. The van der Waals surface area contributed by atoms with Crippen LogP contribution in [0.1, 0.15) is 5.56 Å². The van der Waals surface area contributed by atoms with Gasteiger partial charge in [0.25, 0.3) is 5.78 Å². The maximum Gasteiger partial charge on any atom is 0.255 e. The molecule has 0 aliphatic rings. The average Bonchev–Trinajstić information content (AvgIpc) is 2.66. The van der Waals surface area contributed by atoms with Gasteiger partial charge < -0.3 is 5.32 Å². The SMILES string of the molecule is Cc1c(Cl)nc2ncnn2c1NCCF. The van der Waals surface area contributed by atoms with E-state index in [-0.39, 0.29) is 6.54 Å². The molecule has 5 nitrogen and oxygen atoms in total. The van der Waals surface area contributed by atoms with Gasteiger partial charge in [-0.05, 0) is 6.92 Å². The first-order valence-corrected chi connectivity index (χ1v) is 4.77. The Bertz CT molecular complexity index is 483. The Kier molecular flexibility index (Phi) is 2.68. The van der Waals surface area contributed by atoms with Crippen LogP contribution in [0.2, 0.25) is 5.15 Å². The summed E-state index contributed by atoms with van der Waals surface area (Å²) in [4.78, 5) is 7.94. The lowest BCUT2D eigenvalue weighted by atomic mass is 10.3. The standard InChI is InChI=1S/C8H9ClFN5/c1-5-6(9)14-8-12-4-13-15(8)7(5)11-3-2-10/h4,11H,2-3H2,1H3. The first kappa shape index (κ1) is 10.1. The quantitative estimate of drug-likeness (QED) is 0.810. The lowest BCUT2D eigenvalue weighted by Gasteiger charge is -2.09. The number of hydrogen-bond acceptors (Lipinski definition) is 4. The molecule has 0 unspecified atom stereocenters. The second kappa shape index (κ2) is 3.98. The van der Waals surface area contributed by atoms with Gasteiger partial charge in [-0.3, -0.25) is 0 Å². The molecule has 0 atom stereocenters. The van der Waals surface area contributed by atoms with E-state index in [1.54, 1.807) is 6.92 Å². The summed E-state index contributed by atoms with van der Waals surface area (Å²) in [6.45, 7) is 1.53. The van der Waals surface area contributed by atoms with Gasteiger partial charge in [0.2, 0.25) is 0 Å². The molecule has 80 valence electrons. The number of hydrogen-bond donors (Lipinski definition) is 1. The Morgan fingerprint density at radius 3 is 3.13 bits per heavy atom. The summed E-state index contributed by atoms with van der Waals surface area (Å²) in [5.74, 6) is 1.02. The van der Waals surface area contributed by atoms with Gasteiger partial charge in [-0.2, -0.15) is 19.6 Å². The number of anilines is 1. The molecule has 0 aliphatic carbocycles. The summed E-state index contributed by atoms with van der Waals surface area (Å²) < 4.78 is 13.6. The Morgan fingerprint density at radius 2 is 2.40 bits per heavy atom. The minimum Gasteiger partial charge on any atom is -0.367 e. The van der Waals surface area contributed by atoms with Crippen LogP contribution in [-0.4, -0.2) is 32.8 Å². The Balaban J connectivity index is 2.56.